The zero-order valence-electron chi connectivity index (χ0n) is 33.4. The van der Waals surface area contributed by atoms with Crippen molar-refractivity contribution in [3.63, 3.8) is 0 Å². The molecule has 294 valence electrons. The second kappa shape index (κ2) is 12.9. The summed E-state index contributed by atoms with van der Waals surface area (Å²) in [5, 5.41) is 20.1. The van der Waals surface area contributed by atoms with Crippen LogP contribution in [0.4, 0.5) is 0 Å². The zero-order chi connectivity index (χ0) is 37.9. The van der Waals surface area contributed by atoms with E-state index in [4.69, 9.17) is 0 Å². The Labute approximate surface area is 321 Å². The quantitative estimate of drug-likeness (QED) is 0.187. The average Bonchev–Trinajstić information content (AvgIpc) is 3.77. The first-order valence-corrected chi connectivity index (χ1v) is 22.8. The van der Waals surface area contributed by atoms with Crippen LogP contribution in [0.15, 0.2) is 42.5 Å². The van der Waals surface area contributed by atoms with Crippen LogP contribution in [-0.4, -0.2) is 90.5 Å². The lowest BCUT2D eigenvalue weighted by Gasteiger charge is -2.73. The number of carboxylic acids is 1. The van der Waals surface area contributed by atoms with Crippen molar-refractivity contribution in [2.75, 3.05) is 38.5 Å². The molecule has 0 aromatic heterocycles. The molecule has 6 fully saturated rings. The minimum atomic E-state index is -2.42. The van der Waals surface area contributed by atoms with Crippen LogP contribution in [0.1, 0.15) is 122 Å². The summed E-state index contributed by atoms with van der Waals surface area (Å²) in [6.07, 6.45) is 14.4. The molecule has 8 heteroatoms. The number of nitrogens with zero attached hydrogens (tertiary/aromatic N) is 2. The number of aliphatic hydroxyl groups is 1. The van der Waals surface area contributed by atoms with Gasteiger partial charge in [0.2, 0.25) is 0 Å². The Morgan fingerprint density at radius 1 is 0.943 bits per heavy atom. The number of hydrogen-bond donors (Lipinski definition) is 4. The summed E-state index contributed by atoms with van der Waals surface area (Å²) in [6, 6.07) is 7.87. The molecule has 0 spiro atoms. The number of allylic oxidation sites excluding steroid dienone is 3. The first kappa shape index (κ1) is 38.2. The van der Waals surface area contributed by atoms with Gasteiger partial charge in [-0.2, -0.15) is 10.6 Å². The number of carboxylic acid groups (broad SMARTS) is 1. The normalized spacial score (nSPS) is 44.4. The molecule has 1 aromatic rings. The summed E-state index contributed by atoms with van der Waals surface area (Å²) >= 11 is 0. The Balaban J connectivity index is 1.08. The molecule has 53 heavy (non-hydrogen) atoms. The highest BCUT2D eigenvalue weighted by molar-refractivity contribution is 8.25. The third kappa shape index (κ3) is 5.49. The average molecular weight is 749 g/mol. The number of fused-ring (bicyclic) bond motifs is 9. The fourth-order valence-electron chi connectivity index (χ4n) is 15.5. The van der Waals surface area contributed by atoms with E-state index < -0.39 is 16.6 Å². The topological polar surface area (TPSA) is 104 Å². The van der Waals surface area contributed by atoms with Crippen LogP contribution >= 0.6 is 10.6 Å². The number of benzene rings is 1. The molecule has 2 heterocycles. The smallest absolute Gasteiger partial charge is 0.335 e. The third-order valence-electron chi connectivity index (χ3n) is 18.2. The molecule has 4 N–H and O–H groups in total. The molecule has 7 nitrogen and oxygen atoms in total. The fraction of sp³-hybridized carbons (Fsp3) is 0.756. The van der Waals surface area contributed by atoms with Crippen molar-refractivity contribution in [3.8, 4) is 0 Å². The summed E-state index contributed by atoms with van der Waals surface area (Å²) in [6.45, 7) is 23.5. The molecule has 5 aliphatic carbocycles. The van der Waals surface area contributed by atoms with E-state index in [1.807, 2.05) is 12.1 Å². The number of likely N-dealkylation sites (tertiary alicyclic amines) is 1. The van der Waals surface area contributed by atoms with Crippen LogP contribution in [0.5, 0.6) is 0 Å². The van der Waals surface area contributed by atoms with Crippen molar-refractivity contribution in [2.24, 2.45) is 51.2 Å². The summed E-state index contributed by atoms with van der Waals surface area (Å²) in [5.74, 6) is 2.54. The number of aliphatic hydroxyl groups excluding tert-OH is 1. The zero-order valence-corrected chi connectivity index (χ0v) is 34.3. The van der Waals surface area contributed by atoms with Crippen molar-refractivity contribution in [1.29, 1.82) is 0 Å². The molecule has 2 bridgehead atoms. The Morgan fingerprint density at radius 2 is 1.68 bits per heavy atom. The van der Waals surface area contributed by atoms with E-state index in [2.05, 4.69) is 64.0 Å². The molecular weight excluding hydrogens is 681 g/mol. The number of β-amino-alcohol motifs (C(OH)–C–C–N with tert-alkyl or cyclic N) is 1. The Bertz CT molecular complexity index is 1660. The van der Waals surface area contributed by atoms with Gasteiger partial charge in [0.1, 0.15) is 0 Å². The number of rotatable bonds is 9. The highest BCUT2D eigenvalue weighted by Gasteiger charge is 2.71. The second-order valence-electron chi connectivity index (χ2n) is 20.3. The minimum Gasteiger partial charge on any atom is -0.478 e. The van der Waals surface area contributed by atoms with Crippen molar-refractivity contribution in [1.82, 2.24) is 9.80 Å². The molecule has 1 aromatic carbocycles. The fourth-order valence-corrected chi connectivity index (χ4v) is 17.7. The molecule has 2 saturated heterocycles. The van der Waals surface area contributed by atoms with E-state index in [0.717, 1.165) is 32.5 Å². The maximum atomic E-state index is 11.6. The molecular formula is C45H68N2O5S. The van der Waals surface area contributed by atoms with Crippen LogP contribution in [0.25, 0.3) is 5.57 Å². The number of aromatic carboxylic acids is 1. The lowest BCUT2D eigenvalue weighted by Crippen LogP contribution is -2.68. The maximum absolute atomic E-state index is 11.6. The monoisotopic (exact) mass is 748 g/mol. The summed E-state index contributed by atoms with van der Waals surface area (Å²) in [7, 11) is -2.42. The van der Waals surface area contributed by atoms with Crippen LogP contribution in [0, 0.1) is 51.2 Å². The van der Waals surface area contributed by atoms with Gasteiger partial charge in [-0.15, -0.1) is 0 Å². The lowest BCUT2D eigenvalue weighted by molar-refractivity contribution is -0.228. The summed E-state index contributed by atoms with van der Waals surface area (Å²) in [4.78, 5) is 16.9. The predicted octanol–water partition coefficient (Wildman–Crippen LogP) is 9.29. The molecule has 8 rings (SSSR count). The maximum Gasteiger partial charge on any atom is 0.335 e. The van der Waals surface area contributed by atoms with Gasteiger partial charge >= 0.3 is 5.97 Å². The minimum absolute atomic E-state index is 0.00809. The van der Waals surface area contributed by atoms with Crippen LogP contribution in [-0.2, 0) is 0 Å². The second-order valence-corrected chi connectivity index (χ2v) is 22.8. The van der Waals surface area contributed by atoms with Gasteiger partial charge in [0, 0.05) is 37.8 Å². The van der Waals surface area contributed by atoms with Crippen LogP contribution in [0.3, 0.4) is 0 Å². The van der Waals surface area contributed by atoms with Gasteiger partial charge in [-0.3, -0.25) is 18.9 Å². The van der Waals surface area contributed by atoms with Crippen molar-refractivity contribution in [2.45, 2.75) is 123 Å². The largest absolute Gasteiger partial charge is 0.478 e. The van der Waals surface area contributed by atoms with Gasteiger partial charge < -0.3 is 10.2 Å². The van der Waals surface area contributed by atoms with E-state index in [1.54, 1.807) is 12.1 Å². The van der Waals surface area contributed by atoms with Crippen molar-refractivity contribution in [3.05, 3.63) is 53.6 Å². The van der Waals surface area contributed by atoms with E-state index in [-0.39, 0.29) is 45.1 Å². The van der Waals surface area contributed by atoms with Gasteiger partial charge in [-0.25, -0.2) is 4.79 Å². The predicted molar refractivity (Wildman–Crippen MR) is 216 cm³/mol. The molecule has 2 aliphatic heterocycles. The van der Waals surface area contributed by atoms with Gasteiger partial charge in [0.05, 0.1) is 23.2 Å². The van der Waals surface area contributed by atoms with E-state index in [0.29, 0.717) is 47.5 Å². The van der Waals surface area contributed by atoms with Gasteiger partial charge in [0.25, 0.3) is 0 Å². The first-order chi connectivity index (χ1) is 24.9. The first-order valence-electron chi connectivity index (χ1n) is 21.0. The van der Waals surface area contributed by atoms with Crippen molar-refractivity contribution < 1.29 is 24.1 Å². The molecule has 0 unspecified atom stereocenters. The Morgan fingerprint density at radius 3 is 2.30 bits per heavy atom. The van der Waals surface area contributed by atoms with Crippen LogP contribution in [0.2, 0.25) is 0 Å². The summed E-state index contributed by atoms with van der Waals surface area (Å²) in [5.41, 5.74) is 4.98. The van der Waals surface area contributed by atoms with Crippen LogP contribution < -0.4 is 0 Å². The summed E-state index contributed by atoms with van der Waals surface area (Å²) < 4.78 is 21.1. The Hall–Kier alpha value is -1.68. The van der Waals surface area contributed by atoms with Gasteiger partial charge in [0.15, 0.2) is 0 Å². The van der Waals surface area contributed by atoms with Gasteiger partial charge in [-0.1, -0.05) is 65.0 Å². The van der Waals surface area contributed by atoms with E-state index in [1.165, 1.54) is 68.1 Å². The highest BCUT2D eigenvalue weighted by atomic mass is 32.3. The van der Waals surface area contributed by atoms with Crippen molar-refractivity contribution >= 4 is 22.1 Å². The molecule has 7 aliphatic rings. The number of carbonyl (C=O) groups is 1. The van der Waals surface area contributed by atoms with E-state index in [9.17, 15) is 24.1 Å². The molecule has 4 saturated carbocycles. The third-order valence-corrected chi connectivity index (χ3v) is 20.4. The van der Waals surface area contributed by atoms with Gasteiger partial charge in [-0.05, 0) is 146 Å². The van der Waals surface area contributed by atoms with E-state index >= 15 is 0 Å². The molecule has 11 atom stereocenters. The standard InChI is InChI=1S/C45H68N2O5S/c1-29(2)34-14-19-45(47(24-25-48)23-22-46-27-33-26-32(46)28-53(33,51)52)21-20-43(6)36(39(34)45)12-13-38-42(5)17-15-35(30-8-10-31(11-9-30)40(49)50)41(3,4)37(42)16-18-44(38,43)7/h8-11,15,32-34,36-39,48,51-52H,1,12-14,16-28H2,2-7H3,(H,49,50)/t32-,33-,34-,36+,37-,38+,39+,42-,43+,44+,45-/m0/s1. The highest BCUT2D eigenvalue weighted by Crippen LogP contribution is 2.77. The SMILES string of the molecule is C=C(C)[C@@H]1CC[C@]2(N(CCO)CCN3C[C@@H]4C[C@H]3CS4(O)O)CC[C@]3(C)[C@H](CC[C@@H]4[C@@]5(C)CC=C(c6ccc(C(=O)O)cc6)C(C)(C)[C@@H]5CC[C@]43C)[C@@H]12. The lowest BCUT2D eigenvalue weighted by atomic mass is 9.33. The Kier molecular flexibility index (Phi) is 9.32. The number of hydrogen-bond acceptors (Lipinski definition) is 6. The molecule has 0 radical (unpaired) electrons. The molecule has 0 amide bonds.